The number of hydrogen-bond acceptors (Lipinski definition) is 11. The van der Waals surface area contributed by atoms with Crippen LogP contribution in [0, 0.1) is 0 Å². The van der Waals surface area contributed by atoms with Gasteiger partial charge in [-0.2, -0.15) is 0 Å². The van der Waals surface area contributed by atoms with Gasteiger partial charge in [0.25, 0.3) is 0 Å². The van der Waals surface area contributed by atoms with Crippen molar-refractivity contribution in [2.24, 2.45) is 0 Å². The van der Waals surface area contributed by atoms with E-state index in [9.17, 15) is 30.3 Å². The van der Waals surface area contributed by atoms with Crippen molar-refractivity contribution in [2.45, 2.75) is 55.3 Å². The molecule has 11 heteroatoms. The maximum Gasteiger partial charge on any atom is 0.338 e. The number of ether oxygens (including phenoxy) is 5. The minimum absolute atomic E-state index is 0.0692. The van der Waals surface area contributed by atoms with Gasteiger partial charge in [-0.1, -0.05) is 48.5 Å². The molecule has 2 heterocycles. The van der Waals surface area contributed by atoms with Gasteiger partial charge in [-0.3, -0.25) is 0 Å². The zero-order chi connectivity index (χ0) is 25.7. The number of carbonyl (C=O) groups excluding carboxylic acids is 1. The zero-order valence-corrected chi connectivity index (χ0v) is 19.3. The lowest BCUT2D eigenvalue weighted by atomic mass is 9.98. The molecule has 36 heavy (non-hydrogen) atoms. The van der Waals surface area contributed by atoms with Gasteiger partial charge in [0.2, 0.25) is 0 Å². The molecular formula is C25H30O11. The highest BCUT2D eigenvalue weighted by molar-refractivity contribution is 5.89. The second-order valence-corrected chi connectivity index (χ2v) is 8.77. The van der Waals surface area contributed by atoms with Gasteiger partial charge in [0.15, 0.2) is 18.2 Å². The summed E-state index contributed by atoms with van der Waals surface area (Å²) in [6.45, 7) is -1.51. The summed E-state index contributed by atoms with van der Waals surface area (Å²) in [5, 5.41) is 52.1. The van der Waals surface area contributed by atoms with Gasteiger partial charge in [-0.05, 0) is 17.7 Å². The molecule has 0 saturated carbocycles. The normalized spacial score (nSPS) is 34.4. The lowest BCUT2D eigenvalue weighted by molar-refractivity contribution is -0.338. The first-order valence-electron chi connectivity index (χ1n) is 11.5. The molecule has 0 spiro atoms. The van der Waals surface area contributed by atoms with Gasteiger partial charge in [0.05, 0.1) is 25.4 Å². The van der Waals surface area contributed by atoms with Crippen molar-refractivity contribution in [3.05, 3.63) is 71.8 Å². The Morgan fingerprint density at radius 1 is 0.972 bits per heavy atom. The van der Waals surface area contributed by atoms with E-state index in [1.807, 2.05) is 30.3 Å². The zero-order valence-electron chi connectivity index (χ0n) is 19.3. The lowest BCUT2D eigenvalue weighted by Crippen LogP contribution is -2.61. The van der Waals surface area contributed by atoms with Crippen molar-refractivity contribution < 1.29 is 54.0 Å². The predicted octanol–water partition coefficient (Wildman–Crippen LogP) is -0.667. The number of aliphatic hydroxyl groups excluding tert-OH is 4. The largest absolute Gasteiger partial charge is 0.459 e. The molecule has 0 bridgehead atoms. The molecular weight excluding hydrogens is 476 g/mol. The molecule has 2 saturated heterocycles. The van der Waals surface area contributed by atoms with Crippen LogP contribution in [0.15, 0.2) is 60.7 Å². The Hall–Kier alpha value is -2.45. The number of rotatable bonds is 9. The Bertz CT molecular complexity index is 974. The molecule has 0 amide bonds. The van der Waals surface area contributed by atoms with Crippen LogP contribution < -0.4 is 0 Å². The van der Waals surface area contributed by atoms with Crippen molar-refractivity contribution in [3.63, 3.8) is 0 Å². The standard InChI is InChI=1S/C25H30O11/c26-11-17-18(27)19(28)20(23(35-17)32-12-15-7-3-1-4-8-15)36-24-21(29)25(31,14-34-24)13-33-22(30)16-9-5-2-6-10-16/h1-10,17-21,23-24,26-29,31H,11-14H2/t17-,18-,19+,20-,21+,23-,24+,25-/m1/s1. The number of esters is 1. The maximum atomic E-state index is 12.2. The summed E-state index contributed by atoms with van der Waals surface area (Å²) in [5.41, 5.74) is -0.911. The minimum atomic E-state index is -1.98. The molecule has 2 aromatic rings. The van der Waals surface area contributed by atoms with Crippen LogP contribution in [-0.2, 0) is 30.3 Å². The molecule has 4 rings (SSSR count). The van der Waals surface area contributed by atoms with Crippen LogP contribution in [0.5, 0.6) is 0 Å². The summed E-state index contributed by atoms with van der Waals surface area (Å²) in [4.78, 5) is 12.2. The van der Waals surface area contributed by atoms with Crippen molar-refractivity contribution in [1.29, 1.82) is 0 Å². The summed E-state index contributed by atoms with van der Waals surface area (Å²) in [7, 11) is 0. The van der Waals surface area contributed by atoms with Gasteiger partial charge in [0.1, 0.15) is 37.1 Å². The summed E-state index contributed by atoms with van der Waals surface area (Å²) in [6, 6.07) is 17.2. The predicted molar refractivity (Wildman–Crippen MR) is 121 cm³/mol. The molecule has 2 aliphatic heterocycles. The number of hydrogen-bond donors (Lipinski definition) is 5. The number of benzene rings is 2. The smallest absolute Gasteiger partial charge is 0.338 e. The summed E-state index contributed by atoms with van der Waals surface area (Å²) in [5.74, 6) is -0.691. The molecule has 8 atom stereocenters. The molecule has 0 aliphatic carbocycles. The van der Waals surface area contributed by atoms with Crippen LogP contribution in [0.4, 0.5) is 0 Å². The number of aliphatic hydroxyl groups is 5. The van der Waals surface area contributed by atoms with E-state index in [1.54, 1.807) is 30.3 Å². The van der Waals surface area contributed by atoms with Crippen LogP contribution in [-0.4, -0.2) is 100 Å². The van der Waals surface area contributed by atoms with Gasteiger partial charge in [-0.25, -0.2) is 4.79 Å². The SMILES string of the molecule is O=C(OC[C@@]1(O)CO[C@@H](O[C@H]2[C@H](OCc3ccccc3)O[C@H](CO)[C@@H](O)[C@@H]2O)[C@@H]1O)c1ccccc1. The van der Waals surface area contributed by atoms with E-state index < -0.39 is 74.5 Å². The Morgan fingerprint density at radius 3 is 2.31 bits per heavy atom. The first kappa shape index (κ1) is 26.6. The second kappa shape index (κ2) is 11.7. The lowest BCUT2D eigenvalue weighted by Gasteiger charge is -2.42. The van der Waals surface area contributed by atoms with Crippen molar-refractivity contribution >= 4 is 5.97 Å². The van der Waals surface area contributed by atoms with Gasteiger partial charge in [0, 0.05) is 0 Å². The van der Waals surface area contributed by atoms with Crippen LogP contribution in [0.3, 0.4) is 0 Å². The van der Waals surface area contributed by atoms with Crippen LogP contribution in [0.1, 0.15) is 15.9 Å². The molecule has 196 valence electrons. The molecule has 2 aliphatic rings. The van der Waals surface area contributed by atoms with Crippen LogP contribution in [0.25, 0.3) is 0 Å². The van der Waals surface area contributed by atoms with Crippen LogP contribution >= 0.6 is 0 Å². The summed E-state index contributed by atoms with van der Waals surface area (Å²) >= 11 is 0. The molecule has 2 fully saturated rings. The van der Waals surface area contributed by atoms with Gasteiger partial charge >= 0.3 is 5.97 Å². The van der Waals surface area contributed by atoms with E-state index in [-0.39, 0.29) is 12.2 Å². The van der Waals surface area contributed by atoms with E-state index in [4.69, 9.17) is 23.7 Å². The molecule has 2 aromatic carbocycles. The Balaban J connectivity index is 1.40. The maximum absolute atomic E-state index is 12.2. The third-order valence-electron chi connectivity index (χ3n) is 6.14. The van der Waals surface area contributed by atoms with Crippen LogP contribution in [0.2, 0.25) is 0 Å². The number of carbonyl (C=O) groups is 1. The first-order valence-corrected chi connectivity index (χ1v) is 11.5. The van der Waals surface area contributed by atoms with Crippen molar-refractivity contribution in [3.8, 4) is 0 Å². The van der Waals surface area contributed by atoms with E-state index in [0.717, 1.165) is 5.56 Å². The van der Waals surface area contributed by atoms with E-state index >= 15 is 0 Å². The Morgan fingerprint density at radius 2 is 1.64 bits per heavy atom. The third-order valence-corrected chi connectivity index (χ3v) is 6.14. The Kier molecular flexibility index (Phi) is 8.67. The van der Waals surface area contributed by atoms with E-state index in [2.05, 4.69) is 0 Å². The molecule has 0 radical (unpaired) electrons. The van der Waals surface area contributed by atoms with E-state index in [1.165, 1.54) is 0 Å². The quantitative estimate of drug-likeness (QED) is 0.274. The van der Waals surface area contributed by atoms with E-state index in [0.29, 0.717) is 0 Å². The van der Waals surface area contributed by atoms with Crippen molar-refractivity contribution in [1.82, 2.24) is 0 Å². The third kappa shape index (κ3) is 5.92. The van der Waals surface area contributed by atoms with Crippen molar-refractivity contribution in [2.75, 3.05) is 19.8 Å². The Labute approximate surface area is 207 Å². The van der Waals surface area contributed by atoms with Gasteiger partial charge in [-0.15, -0.1) is 0 Å². The second-order valence-electron chi connectivity index (χ2n) is 8.77. The average molecular weight is 507 g/mol. The molecule has 5 N–H and O–H groups in total. The summed E-state index contributed by atoms with van der Waals surface area (Å²) < 4.78 is 27.6. The highest BCUT2D eigenvalue weighted by Crippen LogP contribution is 2.32. The average Bonchev–Trinajstić information content (AvgIpc) is 3.19. The monoisotopic (exact) mass is 506 g/mol. The fraction of sp³-hybridized carbons (Fsp3) is 0.480. The first-order chi connectivity index (χ1) is 17.3. The highest BCUT2D eigenvalue weighted by Gasteiger charge is 2.54. The molecule has 11 nitrogen and oxygen atoms in total. The fourth-order valence-electron chi connectivity index (χ4n) is 3.99. The van der Waals surface area contributed by atoms with Gasteiger partial charge < -0.3 is 49.2 Å². The summed E-state index contributed by atoms with van der Waals surface area (Å²) in [6.07, 6.45) is -9.95. The minimum Gasteiger partial charge on any atom is -0.459 e. The fourth-order valence-corrected chi connectivity index (χ4v) is 3.99. The highest BCUT2D eigenvalue weighted by atomic mass is 16.8. The molecule has 0 unspecified atom stereocenters. The molecule has 0 aromatic heterocycles. The topological polar surface area (TPSA) is 164 Å².